The highest BCUT2D eigenvalue weighted by atomic mass is 16.2. The maximum atomic E-state index is 12.5. The molecule has 0 unspecified atom stereocenters. The van der Waals surface area contributed by atoms with Crippen molar-refractivity contribution in [2.24, 2.45) is 0 Å². The molecule has 140 valence electrons. The first kappa shape index (κ1) is 18.5. The van der Waals surface area contributed by atoms with Crippen LogP contribution in [0.3, 0.4) is 0 Å². The molecule has 0 aliphatic carbocycles. The van der Waals surface area contributed by atoms with Crippen LogP contribution >= 0.6 is 0 Å². The number of aromatic amines is 1. The van der Waals surface area contributed by atoms with Gasteiger partial charge in [-0.05, 0) is 25.0 Å². The third-order valence-electron chi connectivity index (χ3n) is 4.59. The molecule has 6 heteroatoms. The van der Waals surface area contributed by atoms with Crippen LogP contribution in [-0.4, -0.2) is 16.1 Å². The number of nitrogens with two attached hydrogens (primary N) is 1. The second-order valence-electron chi connectivity index (χ2n) is 6.56. The number of hydrogen-bond acceptors (Lipinski definition) is 4. The molecule has 0 radical (unpaired) electrons. The van der Waals surface area contributed by atoms with Gasteiger partial charge in [0, 0.05) is 13.1 Å². The summed E-state index contributed by atoms with van der Waals surface area (Å²) in [6.45, 7) is 5.42. The Morgan fingerprint density at radius 2 is 1.67 bits per heavy atom. The number of nitrogens with zero attached hydrogens (tertiary/aromatic N) is 2. The van der Waals surface area contributed by atoms with E-state index in [-0.39, 0.29) is 5.82 Å². The van der Waals surface area contributed by atoms with Gasteiger partial charge in [-0.3, -0.25) is 14.3 Å². The number of nitrogen functional groups attached to an aromatic ring is 1. The Bertz CT molecular complexity index is 1020. The minimum absolute atomic E-state index is 0.182. The first-order valence-corrected chi connectivity index (χ1v) is 8.96. The average molecular weight is 364 g/mol. The number of nitrogens with one attached hydrogen (secondary N) is 1. The van der Waals surface area contributed by atoms with E-state index >= 15 is 0 Å². The minimum Gasteiger partial charge on any atom is -0.383 e. The van der Waals surface area contributed by atoms with E-state index in [1.165, 1.54) is 10.1 Å². The summed E-state index contributed by atoms with van der Waals surface area (Å²) in [5, 5.41) is 0. The highest BCUT2D eigenvalue weighted by Crippen LogP contribution is 2.20. The van der Waals surface area contributed by atoms with E-state index in [4.69, 9.17) is 5.73 Å². The third kappa shape index (κ3) is 4.11. The highest BCUT2D eigenvalue weighted by Gasteiger charge is 2.18. The lowest BCUT2D eigenvalue weighted by Crippen LogP contribution is -2.38. The van der Waals surface area contributed by atoms with Gasteiger partial charge in [0.05, 0.1) is 6.54 Å². The Kier molecular flexibility index (Phi) is 5.45. The number of hydrogen-bond donors (Lipinski definition) is 2. The van der Waals surface area contributed by atoms with Crippen molar-refractivity contribution in [3.8, 4) is 0 Å². The fourth-order valence-electron chi connectivity index (χ4n) is 3.07. The minimum atomic E-state index is -0.503. The summed E-state index contributed by atoms with van der Waals surface area (Å²) in [6.07, 6.45) is 0. The number of benzene rings is 2. The Morgan fingerprint density at radius 3 is 2.30 bits per heavy atom. The largest absolute Gasteiger partial charge is 0.383 e. The summed E-state index contributed by atoms with van der Waals surface area (Å²) in [7, 11) is 0. The maximum Gasteiger partial charge on any atom is 0.330 e. The average Bonchev–Trinajstić information content (AvgIpc) is 2.66. The van der Waals surface area contributed by atoms with E-state index in [0.717, 1.165) is 11.1 Å². The van der Waals surface area contributed by atoms with Crippen LogP contribution in [0.5, 0.6) is 0 Å². The van der Waals surface area contributed by atoms with Crippen LogP contribution in [0.2, 0.25) is 0 Å². The first-order valence-electron chi connectivity index (χ1n) is 8.96. The molecule has 27 heavy (non-hydrogen) atoms. The summed E-state index contributed by atoms with van der Waals surface area (Å²) in [5.74, 6) is 0.182. The lowest BCUT2D eigenvalue weighted by molar-refractivity contribution is 0.718. The van der Waals surface area contributed by atoms with E-state index < -0.39 is 11.2 Å². The van der Waals surface area contributed by atoms with Crippen LogP contribution in [-0.2, 0) is 13.1 Å². The van der Waals surface area contributed by atoms with Crippen LogP contribution in [0, 0.1) is 6.92 Å². The predicted molar refractivity (Wildman–Crippen MR) is 109 cm³/mol. The first-order chi connectivity index (χ1) is 13.0. The van der Waals surface area contributed by atoms with Crippen molar-refractivity contribution in [3.05, 3.63) is 92.1 Å². The number of aromatic nitrogens is 2. The van der Waals surface area contributed by atoms with E-state index in [2.05, 4.69) is 4.98 Å². The molecule has 0 saturated carbocycles. The molecule has 0 aliphatic heterocycles. The van der Waals surface area contributed by atoms with Gasteiger partial charge >= 0.3 is 5.69 Å². The molecule has 3 aromatic rings. The molecular weight excluding hydrogens is 340 g/mol. The lowest BCUT2D eigenvalue weighted by atomic mass is 10.1. The number of H-pyrrole nitrogens is 1. The highest BCUT2D eigenvalue weighted by molar-refractivity contribution is 5.62. The Hall–Kier alpha value is -3.28. The van der Waals surface area contributed by atoms with Crippen LogP contribution < -0.4 is 21.9 Å². The molecule has 0 bridgehead atoms. The van der Waals surface area contributed by atoms with E-state index in [0.29, 0.717) is 25.3 Å². The lowest BCUT2D eigenvalue weighted by Gasteiger charge is -2.25. The van der Waals surface area contributed by atoms with Gasteiger partial charge in [0.2, 0.25) is 0 Å². The molecule has 1 heterocycles. The van der Waals surface area contributed by atoms with E-state index in [1.54, 1.807) is 0 Å². The Balaban J connectivity index is 2.00. The molecule has 0 fully saturated rings. The number of anilines is 2. The standard InChI is InChI=1S/C21H24N4O2/c1-3-24(13-17-11-9-15(2)10-12-17)18-19(22)25(21(27)23-20(18)26)14-16-7-5-4-6-8-16/h4-12H,3,13-14,22H2,1-2H3,(H,23,26,27). The van der Waals surface area contributed by atoms with Crippen LogP contribution in [0.4, 0.5) is 11.5 Å². The van der Waals surface area contributed by atoms with Gasteiger partial charge in [0.1, 0.15) is 11.5 Å². The van der Waals surface area contributed by atoms with Gasteiger partial charge in [-0.25, -0.2) is 4.79 Å². The summed E-state index contributed by atoms with van der Waals surface area (Å²) >= 11 is 0. The second kappa shape index (κ2) is 7.95. The number of rotatable bonds is 6. The van der Waals surface area contributed by atoms with E-state index in [1.807, 2.05) is 73.3 Å². The van der Waals surface area contributed by atoms with Crippen molar-refractivity contribution in [1.82, 2.24) is 9.55 Å². The predicted octanol–water partition coefficient (Wildman–Crippen LogP) is 2.50. The molecule has 0 aliphatic rings. The third-order valence-corrected chi connectivity index (χ3v) is 4.59. The monoisotopic (exact) mass is 364 g/mol. The molecule has 2 aromatic carbocycles. The smallest absolute Gasteiger partial charge is 0.330 e. The molecular formula is C21H24N4O2. The van der Waals surface area contributed by atoms with Gasteiger partial charge in [-0.15, -0.1) is 0 Å². The molecule has 0 amide bonds. The Morgan fingerprint density at radius 1 is 1.00 bits per heavy atom. The van der Waals surface area contributed by atoms with Crippen LogP contribution in [0.15, 0.2) is 64.2 Å². The molecule has 0 atom stereocenters. The molecule has 3 rings (SSSR count). The summed E-state index contributed by atoms with van der Waals surface area (Å²) in [4.78, 5) is 29.1. The van der Waals surface area contributed by atoms with Gasteiger partial charge < -0.3 is 10.6 Å². The maximum absolute atomic E-state index is 12.5. The zero-order chi connectivity index (χ0) is 19.4. The van der Waals surface area contributed by atoms with Crippen LogP contribution in [0.25, 0.3) is 0 Å². The van der Waals surface area contributed by atoms with Gasteiger partial charge in [-0.2, -0.15) is 0 Å². The molecule has 3 N–H and O–H groups in total. The quantitative estimate of drug-likeness (QED) is 0.704. The SMILES string of the molecule is CCN(Cc1ccc(C)cc1)c1c(N)n(Cc2ccccc2)c(=O)[nH]c1=O. The van der Waals surface area contributed by atoms with Crippen molar-refractivity contribution in [2.45, 2.75) is 26.9 Å². The van der Waals surface area contributed by atoms with Gasteiger partial charge in [-0.1, -0.05) is 60.2 Å². The summed E-state index contributed by atoms with van der Waals surface area (Å²) in [6, 6.07) is 17.7. The molecule has 1 aromatic heterocycles. The van der Waals surface area contributed by atoms with Gasteiger partial charge in [0.25, 0.3) is 5.56 Å². The molecule has 0 spiro atoms. The summed E-state index contributed by atoms with van der Waals surface area (Å²) < 4.78 is 1.41. The van der Waals surface area contributed by atoms with Crippen molar-refractivity contribution in [3.63, 3.8) is 0 Å². The fraction of sp³-hybridized carbons (Fsp3) is 0.238. The van der Waals surface area contributed by atoms with Crippen LogP contribution in [0.1, 0.15) is 23.6 Å². The van der Waals surface area contributed by atoms with Crippen molar-refractivity contribution >= 4 is 11.5 Å². The fourth-order valence-corrected chi connectivity index (χ4v) is 3.07. The van der Waals surface area contributed by atoms with Crippen molar-refractivity contribution in [2.75, 3.05) is 17.2 Å². The number of aryl methyl sites for hydroxylation is 1. The molecule has 6 nitrogen and oxygen atoms in total. The summed E-state index contributed by atoms with van der Waals surface area (Å²) in [5.41, 5.74) is 8.83. The van der Waals surface area contributed by atoms with Crippen molar-refractivity contribution < 1.29 is 0 Å². The zero-order valence-electron chi connectivity index (χ0n) is 15.6. The topological polar surface area (TPSA) is 84.1 Å². The normalized spacial score (nSPS) is 10.7. The molecule has 0 saturated heterocycles. The second-order valence-corrected chi connectivity index (χ2v) is 6.56. The van der Waals surface area contributed by atoms with Gasteiger partial charge in [0.15, 0.2) is 0 Å². The van der Waals surface area contributed by atoms with E-state index in [9.17, 15) is 9.59 Å². The Labute approximate surface area is 157 Å². The zero-order valence-corrected chi connectivity index (χ0v) is 15.6. The van der Waals surface area contributed by atoms with Crippen molar-refractivity contribution in [1.29, 1.82) is 0 Å².